The zero-order valence-corrected chi connectivity index (χ0v) is 17.4. The zero-order valence-electron chi connectivity index (χ0n) is 15.0. The van der Waals surface area contributed by atoms with Crippen LogP contribution in [0.1, 0.15) is 40.2 Å². The van der Waals surface area contributed by atoms with Crippen LogP contribution in [0.2, 0.25) is 0 Å². The summed E-state index contributed by atoms with van der Waals surface area (Å²) in [5, 5.41) is 0. The molecule has 4 rings (SSSR count). The molecule has 3 heterocycles. The number of amides is 1. The van der Waals surface area contributed by atoms with Crippen molar-refractivity contribution in [3.05, 3.63) is 62.1 Å². The van der Waals surface area contributed by atoms with Gasteiger partial charge >= 0.3 is 0 Å². The van der Waals surface area contributed by atoms with Crippen molar-refractivity contribution in [1.82, 2.24) is 4.98 Å². The van der Waals surface area contributed by atoms with Crippen LogP contribution in [0.15, 0.2) is 36.7 Å². The average Bonchev–Trinajstić information content (AvgIpc) is 2.99. The summed E-state index contributed by atoms with van der Waals surface area (Å²) in [6.45, 7) is 8.34. The molecule has 3 aromatic rings. The van der Waals surface area contributed by atoms with Gasteiger partial charge in [0.25, 0.3) is 5.91 Å². The first-order chi connectivity index (χ1) is 12.3. The fourth-order valence-corrected chi connectivity index (χ4v) is 6.98. The van der Waals surface area contributed by atoms with Gasteiger partial charge in [0.15, 0.2) is 0 Å². The Labute approximate surface area is 165 Å². The summed E-state index contributed by atoms with van der Waals surface area (Å²) in [5.74, 6) is -0.0359. The smallest absolute Gasteiger partial charge is 0.260 e. The summed E-state index contributed by atoms with van der Waals surface area (Å²) < 4.78 is 0.901. The minimum absolute atomic E-state index is 0.0359. The summed E-state index contributed by atoms with van der Waals surface area (Å²) in [7, 11) is 3.29. The van der Waals surface area contributed by atoms with Crippen molar-refractivity contribution in [2.45, 2.75) is 33.2 Å². The predicted octanol–water partition coefficient (Wildman–Crippen LogP) is 6.11. The van der Waals surface area contributed by atoms with Gasteiger partial charge in [-0.15, -0.1) is 0 Å². The maximum Gasteiger partial charge on any atom is 0.260 e. The van der Waals surface area contributed by atoms with Crippen LogP contribution < -0.4 is 4.90 Å². The Kier molecular flexibility index (Phi) is 4.10. The van der Waals surface area contributed by atoms with Crippen molar-refractivity contribution >= 4 is 44.5 Å². The van der Waals surface area contributed by atoms with E-state index in [1.165, 1.54) is 5.56 Å². The summed E-state index contributed by atoms with van der Waals surface area (Å²) in [4.78, 5) is 20.7. The number of carbonyl (C=O) groups is 1. The van der Waals surface area contributed by atoms with E-state index in [9.17, 15) is 4.79 Å². The molecule has 26 heavy (non-hydrogen) atoms. The Morgan fingerprint density at radius 2 is 2.00 bits per heavy atom. The second kappa shape index (κ2) is 6.08. The van der Waals surface area contributed by atoms with Crippen LogP contribution in [0.3, 0.4) is 0 Å². The number of hydrogen-bond donors (Lipinski definition) is 0. The van der Waals surface area contributed by atoms with Crippen LogP contribution in [0.25, 0.3) is 11.1 Å². The van der Waals surface area contributed by atoms with Crippen molar-refractivity contribution < 1.29 is 4.79 Å². The number of anilines is 1. The molecule has 3 nitrogen and oxygen atoms in total. The van der Waals surface area contributed by atoms with Gasteiger partial charge < -0.3 is 0 Å². The summed E-state index contributed by atoms with van der Waals surface area (Å²) in [6, 6.07) is 7.89. The lowest BCUT2D eigenvalue weighted by Gasteiger charge is -2.43. The standard InChI is InChI=1S/C20H18N2OS3/c1-11-8-12(2)16-14(9-11)15-17(25-26-19(15)24)20(3,4)22(16)18(23)13-6-5-7-21-10-13/h5-10H,1-4H3. The van der Waals surface area contributed by atoms with Gasteiger partial charge in [0.05, 0.1) is 21.7 Å². The number of benzene rings is 1. The number of pyridine rings is 1. The topological polar surface area (TPSA) is 33.2 Å². The van der Waals surface area contributed by atoms with Crippen LogP contribution in [0.5, 0.6) is 0 Å². The molecule has 1 aromatic carbocycles. The monoisotopic (exact) mass is 398 g/mol. The van der Waals surface area contributed by atoms with Gasteiger partial charge in [0.1, 0.15) is 3.82 Å². The minimum atomic E-state index is -0.479. The molecule has 0 bridgehead atoms. The van der Waals surface area contributed by atoms with E-state index < -0.39 is 5.54 Å². The Bertz CT molecular complexity index is 1080. The number of fused-ring (bicyclic) bond motifs is 3. The van der Waals surface area contributed by atoms with E-state index in [0.29, 0.717) is 5.56 Å². The van der Waals surface area contributed by atoms with Gasteiger partial charge in [0.2, 0.25) is 0 Å². The molecule has 1 aliphatic heterocycles. The van der Waals surface area contributed by atoms with E-state index in [1.54, 1.807) is 39.1 Å². The second-order valence-electron chi connectivity index (χ2n) is 7.08. The highest BCUT2D eigenvalue weighted by molar-refractivity contribution is 7.80. The quantitative estimate of drug-likeness (QED) is 0.366. The molecule has 1 aliphatic rings. The van der Waals surface area contributed by atoms with Crippen molar-refractivity contribution in [2.75, 3.05) is 4.90 Å². The van der Waals surface area contributed by atoms with E-state index in [4.69, 9.17) is 12.2 Å². The van der Waals surface area contributed by atoms with E-state index in [0.717, 1.165) is 31.1 Å². The average molecular weight is 399 g/mol. The van der Waals surface area contributed by atoms with Gasteiger partial charge in [-0.1, -0.05) is 44.5 Å². The second-order valence-corrected chi connectivity index (χ2v) is 9.89. The molecular weight excluding hydrogens is 380 g/mol. The highest BCUT2D eigenvalue weighted by Gasteiger charge is 2.44. The summed E-state index contributed by atoms with van der Waals surface area (Å²) in [6.07, 6.45) is 3.32. The number of carbonyl (C=O) groups excluding carboxylic acids is 1. The zero-order chi connectivity index (χ0) is 18.6. The van der Waals surface area contributed by atoms with Crippen molar-refractivity contribution in [3.8, 4) is 11.1 Å². The lowest BCUT2D eigenvalue weighted by molar-refractivity contribution is 0.0961. The largest absolute Gasteiger partial charge is 0.297 e. The normalized spacial score (nSPS) is 14.7. The lowest BCUT2D eigenvalue weighted by atomic mass is 9.85. The lowest BCUT2D eigenvalue weighted by Crippen LogP contribution is -2.48. The first kappa shape index (κ1) is 17.5. The first-order valence-corrected chi connectivity index (χ1v) is 10.9. The van der Waals surface area contributed by atoms with Gasteiger partial charge in [-0.25, -0.2) is 0 Å². The molecule has 0 radical (unpaired) electrons. The van der Waals surface area contributed by atoms with Crippen LogP contribution in [-0.4, -0.2) is 10.9 Å². The SMILES string of the molecule is Cc1cc(C)c2c(c1)-c1c(ssc1=S)C(C)(C)N2C(=O)c1cccnc1. The predicted molar refractivity (Wildman–Crippen MR) is 112 cm³/mol. The molecule has 0 atom stereocenters. The molecule has 0 saturated heterocycles. The van der Waals surface area contributed by atoms with Gasteiger partial charge in [-0.05, 0) is 51.5 Å². The molecule has 0 saturated carbocycles. The van der Waals surface area contributed by atoms with E-state index >= 15 is 0 Å². The molecular formula is C20H18N2OS3. The maximum atomic E-state index is 13.5. The fourth-order valence-electron chi connectivity index (χ4n) is 3.70. The molecule has 2 aromatic heterocycles. The van der Waals surface area contributed by atoms with Gasteiger partial charge in [-0.2, -0.15) is 0 Å². The Morgan fingerprint density at radius 3 is 2.69 bits per heavy atom. The van der Waals surface area contributed by atoms with Gasteiger partial charge in [-0.3, -0.25) is 14.7 Å². The molecule has 0 aliphatic carbocycles. The molecule has 0 unspecified atom stereocenters. The highest BCUT2D eigenvalue weighted by atomic mass is 32.9. The number of aryl methyl sites for hydroxylation is 2. The molecule has 0 spiro atoms. The minimum Gasteiger partial charge on any atom is -0.297 e. The summed E-state index contributed by atoms with van der Waals surface area (Å²) >= 11 is 5.65. The third-order valence-electron chi connectivity index (χ3n) is 4.80. The highest BCUT2D eigenvalue weighted by Crippen LogP contribution is 2.53. The van der Waals surface area contributed by atoms with Gasteiger partial charge in [0, 0.05) is 23.5 Å². The molecule has 1 amide bonds. The number of nitrogens with zero attached hydrogens (tertiary/aromatic N) is 2. The molecule has 0 N–H and O–H groups in total. The Balaban J connectivity index is 2.05. The molecule has 6 heteroatoms. The number of hydrogen-bond acceptors (Lipinski definition) is 5. The van der Waals surface area contributed by atoms with Crippen LogP contribution in [0.4, 0.5) is 5.69 Å². The van der Waals surface area contributed by atoms with Crippen molar-refractivity contribution in [3.63, 3.8) is 0 Å². The number of rotatable bonds is 1. The molecule has 0 fully saturated rings. The van der Waals surface area contributed by atoms with E-state index in [-0.39, 0.29) is 5.91 Å². The Hall–Kier alpha value is -1.89. The number of aromatic nitrogens is 1. The third kappa shape index (κ3) is 2.47. The van der Waals surface area contributed by atoms with E-state index in [2.05, 4.69) is 44.8 Å². The third-order valence-corrected chi connectivity index (χ3v) is 8.13. The Morgan fingerprint density at radius 1 is 1.23 bits per heavy atom. The van der Waals surface area contributed by atoms with Crippen molar-refractivity contribution in [1.29, 1.82) is 0 Å². The van der Waals surface area contributed by atoms with Crippen molar-refractivity contribution in [2.24, 2.45) is 0 Å². The maximum absolute atomic E-state index is 13.5. The molecule has 132 valence electrons. The summed E-state index contributed by atoms with van der Waals surface area (Å²) in [5.41, 5.74) is 5.52. The first-order valence-electron chi connectivity index (χ1n) is 8.32. The van der Waals surface area contributed by atoms with Crippen LogP contribution in [-0.2, 0) is 5.54 Å². The van der Waals surface area contributed by atoms with Crippen LogP contribution in [0, 0.1) is 17.7 Å². The fraction of sp³-hybridized carbons (Fsp3) is 0.250. The van der Waals surface area contributed by atoms with Crippen LogP contribution >= 0.6 is 32.9 Å². The van der Waals surface area contributed by atoms with E-state index in [1.807, 2.05) is 11.0 Å².